The first kappa shape index (κ1) is 12.6. The molecule has 1 unspecified atom stereocenters. The van der Waals surface area contributed by atoms with Crippen LogP contribution < -0.4 is 11.1 Å². The first-order valence-corrected chi connectivity index (χ1v) is 6.84. The van der Waals surface area contributed by atoms with Crippen molar-refractivity contribution < 1.29 is 0 Å². The van der Waals surface area contributed by atoms with Crippen LogP contribution in [0.5, 0.6) is 0 Å². The molecule has 2 rings (SSSR count). The summed E-state index contributed by atoms with van der Waals surface area (Å²) in [4.78, 5) is 4.36. The highest BCUT2D eigenvalue weighted by Crippen LogP contribution is 2.18. The second-order valence-corrected chi connectivity index (χ2v) is 4.95. The van der Waals surface area contributed by atoms with Crippen LogP contribution in [-0.2, 0) is 0 Å². The zero-order chi connectivity index (χ0) is 12.8. The third-order valence-corrected chi connectivity index (χ3v) is 3.40. The number of thiophene rings is 1. The summed E-state index contributed by atoms with van der Waals surface area (Å²) >= 11 is 1.71. The summed E-state index contributed by atoms with van der Waals surface area (Å²) in [7, 11) is 0. The van der Waals surface area contributed by atoms with E-state index < -0.39 is 0 Å². The van der Waals surface area contributed by atoms with E-state index in [9.17, 15) is 0 Å². The summed E-state index contributed by atoms with van der Waals surface area (Å²) in [5.41, 5.74) is 8.13. The van der Waals surface area contributed by atoms with Gasteiger partial charge >= 0.3 is 0 Å². The number of nitrogens with zero attached hydrogens (tertiary/aromatic N) is 1. The van der Waals surface area contributed by atoms with E-state index in [4.69, 9.17) is 5.73 Å². The molecule has 4 heteroatoms. The highest BCUT2D eigenvalue weighted by Gasteiger charge is 2.04. The van der Waals surface area contributed by atoms with Crippen LogP contribution >= 0.6 is 11.3 Å². The monoisotopic (exact) mass is 259 g/mol. The fourth-order valence-corrected chi connectivity index (χ4v) is 2.39. The Balaban J connectivity index is 1.89. The summed E-state index contributed by atoms with van der Waals surface area (Å²) in [6.45, 7) is 2.85. The first-order valence-electron chi connectivity index (χ1n) is 5.90. The molecule has 0 aliphatic carbocycles. The van der Waals surface area contributed by atoms with Crippen LogP contribution in [0.3, 0.4) is 0 Å². The molecule has 0 aliphatic heterocycles. The molecular weight excluding hydrogens is 242 g/mol. The molecule has 0 amide bonds. The van der Waals surface area contributed by atoms with Gasteiger partial charge in [-0.05, 0) is 34.5 Å². The predicted octanol–water partition coefficient (Wildman–Crippen LogP) is 3.28. The van der Waals surface area contributed by atoms with Crippen molar-refractivity contribution in [2.75, 3.05) is 11.9 Å². The lowest BCUT2D eigenvalue weighted by Crippen LogP contribution is -2.23. The maximum absolute atomic E-state index is 5.85. The largest absolute Gasteiger partial charge is 0.370 e. The van der Waals surface area contributed by atoms with Crippen molar-refractivity contribution in [3.05, 3.63) is 52.7 Å². The lowest BCUT2D eigenvalue weighted by molar-refractivity contribution is 0.778. The Morgan fingerprint density at radius 2 is 2.11 bits per heavy atom. The van der Waals surface area contributed by atoms with Crippen molar-refractivity contribution in [1.82, 2.24) is 0 Å². The summed E-state index contributed by atoms with van der Waals surface area (Å²) < 4.78 is 0. The third-order valence-electron chi connectivity index (χ3n) is 2.69. The average molecular weight is 259 g/mol. The molecule has 94 valence electrons. The van der Waals surface area contributed by atoms with Crippen LogP contribution in [0.15, 0.2) is 52.2 Å². The Bertz CT molecular complexity index is 491. The molecule has 1 atom stereocenters. The minimum Gasteiger partial charge on any atom is -0.370 e. The van der Waals surface area contributed by atoms with Gasteiger partial charge in [0.2, 0.25) is 0 Å². The third kappa shape index (κ3) is 3.60. The molecule has 0 bridgehead atoms. The van der Waals surface area contributed by atoms with Gasteiger partial charge in [0.25, 0.3) is 0 Å². The summed E-state index contributed by atoms with van der Waals surface area (Å²) in [5, 5.41) is 7.31. The van der Waals surface area contributed by atoms with Crippen LogP contribution in [0.1, 0.15) is 18.4 Å². The van der Waals surface area contributed by atoms with E-state index in [-0.39, 0.29) is 0 Å². The van der Waals surface area contributed by atoms with Crippen LogP contribution in [0.2, 0.25) is 0 Å². The number of aliphatic imine (C=N–C) groups is 1. The normalized spacial score (nSPS) is 13.3. The van der Waals surface area contributed by atoms with Gasteiger partial charge in [0.15, 0.2) is 5.96 Å². The molecule has 0 spiro atoms. The van der Waals surface area contributed by atoms with Gasteiger partial charge in [-0.15, -0.1) is 0 Å². The minimum atomic E-state index is 0.396. The number of guanidine groups is 1. The number of rotatable bonds is 4. The van der Waals surface area contributed by atoms with E-state index in [0.717, 1.165) is 5.69 Å². The molecule has 0 fully saturated rings. The number of hydrogen-bond donors (Lipinski definition) is 2. The zero-order valence-corrected chi connectivity index (χ0v) is 11.2. The molecule has 0 aliphatic rings. The molecule has 1 aromatic heterocycles. The Labute approximate surface area is 111 Å². The number of nitrogens with two attached hydrogens (primary N) is 1. The van der Waals surface area contributed by atoms with Crippen molar-refractivity contribution in [3.8, 4) is 0 Å². The smallest absolute Gasteiger partial charge is 0.193 e. The molecular formula is C14H17N3S. The van der Waals surface area contributed by atoms with Crippen LogP contribution in [0, 0.1) is 0 Å². The molecule has 3 N–H and O–H groups in total. The lowest BCUT2D eigenvalue weighted by atomic mass is 10.1. The van der Waals surface area contributed by atoms with Crippen LogP contribution in [0.4, 0.5) is 5.69 Å². The SMILES string of the molecule is CC(CN=C(N)Nc1ccccc1)c1ccsc1. The number of benzene rings is 1. The molecule has 2 aromatic rings. The maximum atomic E-state index is 5.85. The Hall–Kier alpha value is -1.81. The topological polar surface area (TPSA) is 50.4 Å². The quantitative estimate of drug-likeness (QED) is 0.654. The molecule has 1 heterocycles. The van der Waals surface area contributed by atoms with Crippen LogP contribution in [0.25, 0.3) is 0 Å². The summed E-state index contributed by atoms with van der Waals surface area (Å²) in [5.74, 6) is 0.857. The van der Waals surface area contributed by atoms with Gasteiger partial charge in [0.1, 0.15) is 0 Å². The Kier molecular flexibility index (Phi) is 4.36. The molecule has 18 heavy (non-hydrogen) atoms. The second-order valence-electron chi connectivity index (χ2n) is 4.17. The van der Waals surface area contributed by atoms with Gasteiger partial charge in [-0.3, -0.25) is 4.99 Å². The number of anilines is 1. The number of nitrogens with one attached hydrogen (secondary N) is 1. The van der Waals surface area contributed by atoms with Gasteiger partial charge in [-0.2, -0.15) is 11.3 Å². The molecule has 3 nitrogen and oxygen atoms in total. The fraction of sp³-hybridized carbons (Fsp3) is 0.214. The second kappa shape index (κ2) is 6.21. The van der Waals surface area contributed by atoms with E-state index in [2.05, 4.69) is 34.1 Å². The molecule has 0 saturated carbocycles. The van der Waals surface area contributed by atoms with Crippen LogP contribution in [-0.4, -0.2) is 12.5 Å². The Morgan fingerprint density at radius 1 is 1.33 bits per heavy atom. The van der Waals surface area contributed by atoms with Gasteiger partial charge in [-0.25, -0.2) is 0 Å². The van der Waals surface area contributed by atoms with Gasteiger partial charge in [0, 0.05) is 18.2 Å². The highest BCUT2D eigenvalue weighted by atomic mass is 32.1. The molecule has 0 radical (unpaired) electrons. The van der Waals surface area contributed by atoms with Crippen molar-refractivity contribution in [3.63, 3.8) is 0 Å². The minimum absolute atomic E-state index is 0.396. The molecule has 1 aromatic carbocycles. The first-order chi connectivity index (χ1) is 8.75. The van der Waals surface area contributed by atoms with Crippen molar-refractivity contribution in [2.45, 2.75) is 12.8 Å². The highest BCUT2D eigenvalue weighted by molar-refractivity contribution is 7.07. The van der Waals surface area contributed by atoms with Crippen molar-refractivity contribution >= 4 is 23.0 Å². The van der Waals surface area contributed by atoms with Crippen molar-refractivity contribution in [1.29, 1.82) is 0 Å². The maximum Gasteiger partial charge on any atom is 0.193 e. The predicted molar refractivity (Wildman–Crippen MR) is 79.3 cm³/mol. The fourth-order valence-electron chi connectivity index (χ4n) is 1.60. The summed E-state index contributed by atoms with van der Waals surface area (Å²) in [6.07, 6.45) is 0. The van der Waals surface area contributed by atoms with E-state index in [1.165, 1.54) is 5.56 Å². The van der Waals surface area contributed by atoms with E-state index in [1.54, 1.807) is 11.3 Å². The lowest BCUT2D eigenvalue weighted by Gasteiger charge is -2.08. The van der Waals surface area contributed by atoms with Crippen molar-refractivity contribution in [2.24, 2.45) is 10.7 Å². The van der Waals surface area contributed by atoms with E-state index >= 15 is 0 Å². The van der Waals surface area contributed by atoms with E-state index in [0.29, 0.717) is 18.4 Å². The zero-order valence-electron chi connectivity index (χ0n) is 10.3. The summed E-state index contributed by atoms with van der Waals surface area (Å²) in [6, 6.07) is 11.9. The standard InChI is InChI=1S/C14H17N3S/c1-11(12-7-8-18-10-12)9-16-14(15)17-13-5-3-2-4-6-13/h2-8,10-11H,9H2,1H3,(H3,15,16,17). The van der Waals surface area contributed by atoms with Gasteiger partial charge < -0.3 is 11.1 Å². The van der Waals surface area contributed by atoms with E-state index in [1.807, 2.05) is 30.3 Å². The number of para-hydroxylation sites is 1. The average Bonchev–Trinajstić information content (AvgIpc) is 2.91. The Morgan fingerprint density at radius 3 is 2.78 bits per heavy atom. The number of hydrogen-bond acceptors (Lipinski definition) is 2. The van der Waals surface area contributed by atoms with Gasteiger partial charge in [-0.1, -0.05) is 25.1 Å². The van der Waals surface area contributed by atoms with Gasteiger partial charge in [0.05, 0.1) is 0 Å². The molecule has 0 saturated heterocycles.